The minimum atomic E-state index is 0.473. The summed E-state index contributed by atoms with van der Waals surface area (Å²) in [6, 6.07) is 4.48. The Labute approximate surface area is 104 Å². The van der Waals surface area contributed by atoms with Crippen LogP contribution in [0.1, 0.15) is 49.8 Å². The second-order valence-corrected chi connectivity index (χ2v) is 6.92. The highest BCUT2D eigenvalue weighted by molar-refractivity contribution is 5.26. The number of rotatable bonds is 1. The zero-order chi connectivity index (χ0) is 11.5. The van der Waals surface area contributed by atoms with Crippen LogP contribution in [0.15, 0.2) is 18.3 Å². The van der Waals surface area contributed by atoms with Gasteiger partial charge in [-0.2, -0.15) is 0 Å². The summed E-state index contributed by atoms with van der Waals surface area (Å²) in [5, 5.41) is 0. The van der Waals surface area contributed by atoms with Gasteiger partial charge in [0.2, 0.25) is 0 Å². The molecule has 4 bridgehead atoms. The summed E-state index contributed by atoms with van der Waals surface area (Å²) < 4.78 is 0. The number of aromatic nitrogens is 1. The Morgan fingerprint density at radius 1 is 1.06 bits per heavy atom. The van der Waals surface area contributed by atoms with Crippen molar-refractivity contribution in [2.45, 2.75) is 50.9 Å². The molecule has 1 heteroatoms. The van der Waals surface area contributed by atoms with Gasteiger partial charge in [-0.1, -0.05) is 0 Å². The van der Waals surface area contributed by atoms with Crippen LogP contribution < -0.4 is 0 Å². The number of nitrogens with zero attached hydrogens (tertiary/aromatic N) is 1. The maximum atomic E-state index is 4.73. The van der Waals surface area contributed by atoms with Gasteiger partial charge < -0.3 is 0 Å². The lowest BCUT2D eigenvalue weighted by molar-refractivity contribution is -0.00722. The van der Waals surface area contributed by atoms with Gasteiger partial charge in [0.25, 0.3) is 0 Å². The third-order valence-corrected chi connectivity index (χ3v) is 5.50. The quantitative estimate of drug-likeness (QED) is 0.710. The molecular weight excluding hydrogens is 206 g/mol. The normalized spacial score (nSPS) is 43.0. The van der Waals surface area contributed by atoms with Crippen molar-refractivity contribution < 1.29 is 0 Å². The number of pyridine rings is 1. The molecule has 17 heavy (non-hydrogen) atoms. The molecule has 1 aromatic heterocycles. The SMILES string of the molecule is Cc1ccnc(C23CC4CC(CC(C4)C2)C3)c1. The molecule has 0 atom stereocenters. The van der Waals surface area contributed by atoms with E-state index in [9.17, 15) is 0 Å². The van der Waals surface area contributed by atoms with Crippen molar-refractivity contribution in [2.24, 2.45) is 17.8 Å². The van der Waals surface area contributed by atoms with Crippen molar-refractivity contribution >= 4 is 0 Å². The first-order chi connectivity index (χ1) is 8.23. The Morgan fingerprint density at radius 2 is 1.65 bits per heavy atom. The Balaban J connectivity index is 1.77. The standard InChI is InChI=1S/C16H21N/c1-11-2-3-17-15(4-11)16-8-12-5-13(9-16)7-14(6-12)10-16/h2-4,12-14H,5-10H2,1H3. The summed E-state index contributed by atoms with van der Waals surface area (Å²) in [6.45, 7) is 2.20. The molecule has 0 amide bonds. The molecule has 1 nitrogen and oxygen atoms in total. The molecule has 0 saturated heterocycles. The minimum absolute atomic E-state index is 0.473. The molecule has 1 heterocycles. The third-order valence-electron chi connectivity index (χ3n) is 5.50. The minimum Gasteiger partial charge on any atom is -0.261 e. The van der Waals surface area contributed by atoms with E-state index in [0.717, 1.165) is 17.8 Å². The molecule has 4 aliphatic carbocycles. The summed E-state index contributed by atoms with van der Waals surface area (Å²) in [5.41, 5.74) is 3.27. The average molecular weight is 227 g/mol. The van der Waals surface area contributed by atoms with Crippen molar-refractivity contribution in [1.82, 2.24) is 4.98 Å². The first-order valence-electron chi connectivity index (χ1n) is 7.17. The van der Waals surface area contributed by atoms with Crippen molar-refractivity contribution in [1.29, 1.82) is 0 Å². The van der Waals surface area contributed by atoms with Gasteiger partial charge in [-0.15, -0.1) is 0 Å². The first-order valence-corrected chi connectivity index (χ1v) is 7.17. The molecule has 0 N–H and O–H groups in total. The first kappa shape index (κ1) is 10.1. The van der Waals surface area contributed by atoms with E-state index in [-0.39, 0.29) is 0 Å². The van der Waals surface area contributed by atoms with E-state index >= 15 is 0 Å². The lowest BCUT2D eigenvalue weighted by Gasteiger charge is -2.56. The van der Waals surface area contributed by atoms with E-state index in [2.05, 4.69) is 19.1 Å². The van der Waals surface area contributed by atoms with Crippen LogP contribution in [0.2, 0.25) is 0 Å². The number of aryl methyl sites for hydroxylation is 1. The number of hydrogen-bond acceptors (Lipinski definition) is 1. The van der Waals surface area contributed by atoms with Crippen LogP contribution in [0.25, 0.3) is 0 Å². The maximum Gasteiger partial charge on any atom is 0.0468 e. The monoisotopic (exact) mass is 227 g/mol. The Hall–Kier alpha value is -0.850. The van der Waals surface area contributed by atoms with Gasteiger partial charge in [-0.3, -0.25) is 4.98 Å². The van der Waals surface area contributed by atoms with Gasteiger partial charge in [0.1, 0.15) is 0 Å². The highest BCUT2D eigenvalue weighted by atomic mass is 14.7. The fourth-order valence-electron chi connectivity index (χ4n) is 5.25. The molecule has 4 fully saturated rings. The van der Waals surface area contributed by atoms with Crippen molar-refractivity contribution in [3.63, 3.8) is 0 Å². The second kappa shape index (κ2) is 3.34. The zero-order valence-corrected chi connectivity index (χ0v) is 10.7. The molecule has 0 aromatic carbocycles. The van der Waals surface area contributed by atoms with Gasteiger partial charge in [0, 0.05) is 17.3 Å². The Bertz CT molecular complexity index is 413. The summed E-state index contributed by atoms with van der Waals surface area (Å²) in [5.74, 6) is 3.05. The fraction of sp³-hybridized carbons (Fsp3) is 0.688. The zero-order valence-electron chi connectivity index (χ0n) is 10.7. The van der Waals surface area contributed by atoms with E-state index in [4.69, 9.17) is 4.98 Å². The lowest BCUT2D eigenvalue weighted by atomic mass is 9.48. The molecular formula is C16H21N. The average Bonchev–Trinajstić information content (AvgIpc) is 2.27. The van der Waals surface area contributed by atoms with E-state index in [1.807, 2.05) is 6.20 Å². The van der Waals surface area contributed by atoms with Crippen LogP contribution in [0, 0.1) is 24.7 Å². The van der Waals surface area contributed by atoms with Gasteiger partial charge in [-0.05, 0) is 80.9 Å². The molecule has 0 spiro atoms. The van der Waals surface area contributed by atoms with Gasteiger partial charge in [0.15, 0.2) is 0 Å². The van der Waals surface area contributed by atoms with Crippen LogP contribution >= 0.6 is 0 Å². The summed E-state index contributed by atoms with van der Waals surface area (Å²) in [6.07, 6.45) is 10.9. The fourth-order valence-corrected chi connectivity index (χ4v) is 5.25. The molecule has 90 valence electrons. The lowest BCUT2D eigenvalue weighted by Crippen LogP contribution is -2.48. The third kappa shape index (κ3) is 1.47. The predicted molar refractivity (Wildman–Crippen MR) is 68.8 cm³/mol. The van der Waals surface area contributed by atoms with Crippen molar-refractivity contribution in [2.75, 3.05) is 0 Å². The predicted octanol–water partition coefficient (Wildman–Crippen LogP) is 3.86. The molecule has 1 aromatic rings. The highest BCUT2D eigenvalue weighted by Gasteiger charge is 2.52. The summed E-state index contributed by atoms with van der Waals surface area (Å²) >= 11 is 0. The van der Waals surface area contributed by atoms with Gasteiger partial charge in [0.05, 0.1) is 0 Å². The van der Waals surface area contributed by atoms with Crippen LogP contribution in [0.4, 0.5) is 0 Å². The van der Waals surface area contributed by atoms with Crippen molar-refractivity contribution in [3.05, 3.63) is 29.6 Å². The Kier molecular flexibility index (Phi) is 1.98. The van der Waals surface area contributed by atoms with Crippen LogP contribution in [0.5, 0.6) is 0 Å². The second-order valence-electron chi connectivity index (χ2n) is 6.92. The highest BCUT2D eigenvalue weighted by Crippen LogP contribution is 2.60. The van der Waals surface area contributed by atoms with Crippen molar-refractivity contribution in [3.8, 4) is 0 Å². The molecule has 0 unspecified atom stereocenters. The molecule has 4 aliphatic rings. The van der Waals surface area contributed by atoms with Crippen LogP contribution in [0.3, 0.4) is 0 Å². The van der Waals surface area contributed by atoms with E-state index in [0.29, 0.717) is 5.41 Å². The smallest absolute Gasteiger partial charge is 0.0468 e. The Morgan fingerprint density at radius 3 is 2.18 bits per heavy atom. The van der Waals surface area contributed by atoms with E-state index in [1.165, 1.54) is 49.8 Å². The summed E-state index contributed by atoms with van der Waals surface area (Å²) in [4.78, 5) is 4.73. The van der Waals surface area contributed by atoms with E-state index < -0.39 is 0 Å². The molecule has 4 saturated carbocycles. The molecule has 0 aliphatic heterocycles. The topological polar surface area (TPSA) is 12.9 Å². The van der Waals surface area contributed by atoms with Gasteiger partial charge >= 0.3 is 0 Å². The van der Waals surface area contributed by atoms with Crippen LogP contribution in [-0.4, -0.2) is 4.98 Å². The van der Waals surface area contributed by atoms with E-state index in [1.54, 1.807) is 0 Å². The summed E-state index contributed by atoms with van der Waals surface area (Å²) in [7, 11) is 0. The van der Waals surface area contributed by atoms with Gasteiger partial charge in [-0.25, -0.2) is 0 Å². The largest absolute Gasteiger partial charge is 0.261 e. The molecule has 5 rings (SSSR count). The maximum absolute atomic E-state index is 4.73. The van der Waals surface area contributed by atoms with Crippen LogP contribution in [-0.2, 0) is 5.41 Å². The number of hydrogen-bond donors (Lipinski definition) is 0. The molecule has 0 radical (unpaired) electrons.